The van der Waals surface area contributed by atoms with Crippen LogP contribution >= 0.6 is 0 Å². The van der Waals surface area contributed by atoms with Gasteiger partial charge in [-0.05, 0) is 24.1 Å². The number of nitrogens with zero attached hydrogens (tertiary/aromatic N) is 4. The van der Waals surface area contributed by atoms with E-state index in [9.17, 15) is 9.90 Å². The second-order valence-corrected chi connectivity index (χ2v) is 6.06. The summed E-state index contributed by atoms with van der Waals surface area (Å²) < 4.78 is 7.76. The molecule has 1 aromatic heterocycles. The van der Waals surface area contributed by atoms with Gasteiger partial charge in [-0.2, -0.15) is 0 Å². The zero-order chi connectivity index (χ0) is 15.8. The second kappa shape index (κ2) is 5.66. The Morgan fingerprint density at radius 2 is 2.17 bits per heavy atom. The van der Waals surface area contributed by atoms with Crippen LogP contribution in [0.25, 0.3) is 0 Å². The van der Waals surface area contributed by atoms with Crippen molar-refractivity contribution in [1.82, 2.24) is 19.9 Å². The number of aromatic hydroxyl groups is 1. The fraction of sp³-hybridized carbons (Fsp3) is 0.438. The number of ether oxygens (including phenoxy) is 1. The van der Waals surface area contributed by atoms with Crippen molar-refractivity contribution in [2.24, 2.45) is 0 Å². The highest BCUT2D eigenvalue weighted by Gasteiger charge is 2.37. The predicted molar refractivity (Wildman–Crippen MR) is 80.6 cm³/mol. The van der Waals surface area contributed by atoms with Crippen LogP contribution < -0.4 is 0 Å². The third-order valence-corrected chi connectivity index (χ3v) is 4.57. The van der Waals surface area contributed by atoms with Gasteiger partial charge in [-0.15, -0.1) is 5.10 Å². The van der Waals surface area contributed by atoms with Gasteiger partial charge in [0.1, 0.15) is 5.75 Å². The average molecular weight is 314 g/mol. The first kappa shape index (κ1) is 14.2. The topological polar surface area (TPSA) is 80.5 Å². The van der Waals surface area contributed by atoms with Gasteiger partial charge in [0.15, 0.2) is 0 Å². The normalized spacial score (nSPS) is 23.2. The SMILES string of the molecule is O=C(Cc1ccc(O)cc1)N1CC[C@H]2OCc3cnnn3[C@@H]2C1. The second-order valence-electron chi connectivity index (χ2n) is 6.06. The molecule has 7 heteroatoms. The first-order valence-corrected chi connectivity index (χ1v) is 7.77. The summed E-state index contributed by atoms with van der Waals surface area (Å²) in [6.45, 7) is 1.83. The Bertz CT molecular complexity index is 712. The smallest absolute Gasteiger partial charge is 0.227 e. The molecule has 2 aliphatic heterocycles. The summed E-state index contributed by atoms with van der Waals surface area (Å²) in [7, 11) is 0. The van der Waals surface area contributed by atoms with Crippen LogP contribution in [0.3, 0.4) is 0 Å². The van der Waals surface area contributed by atoms with E-state index in [4.69, 9.17) is 4.74 Å². The van der Waals surface area contributed by atoms with E-state index in [0.717, 1.165) is 17.7 Å². The molecule has 3 heterocycles. The number of hydrogen-bond acceptors (Lipinski definition) is 5. The lowest BCUT2D eigenvalue weighted by Crippen LogP contribution is -2.50. The highest BCUT2D eigenvalue weighted by molar-refractivity contribution is 5.79. The molecule has 0 unspecified atom stereocenters. The molecule has 120 valence electrons. The summed E-state index contributed by atoms with van der Waals surface area (Å²) in [4.78, 5) is 14.4. The minimum Gasteiger partial charge on any atom is -0.508 e. The van der Waals surface area contributed by atoms with Crippen molar-refractivity contribution in [3.63, 3.8) is 0 Å². The number of hydrogen-bond donors (Lipinski definition) is 1. The molecule has 0 spiro atoms. The monoisotopic (exact) mass is 314 g/mol. The Morgan fingerprint density at radius 1 is 1.35 bits per heavy atom. The van der Waals surface area contributed by atoms with Crippen LogP contribution in [0.1, 0.15) is 23.7 Å². The molecule has 0 saturated carbocycles. The number of phenolic OH excluding ortho intramolecular Hbond substituents is 1. The first-order valence-electron chi connectivity index (χ1n) is 7.77. The molecule has 1 N–H and O–H groups in total. The third kappa shape index (κ3) is 2.68. The van der Waals surface area contributed by atoms with Gasteiger partial charge in [-0.3, -0.25) is 4.79 Å². The quantitative estimate of drug-likeness (QED) is 0.891. The molecule has 2 atom stereocenters. The van der Waals surface area contributed by atoms with E-state index in [1.165, 1.54) is 0 Å². The highest BCUT2D eigenvalue weighted by Crippen LogP contribution is 2.30. The fourth-order valence-corrected chi connectivity index (χ4v) is 3.31. The van der Waals surface area contributed by atoms with Crippen molar-refractivity contribution in [2.45, 2.75) is 31.6 Å². The van der Waals surface area contributed by atoms with E-state index in [-0.39, 0.29) is 23.8 Å². The fourth-order valence-electron chi connectivity index (χ4n) is 3.31. The van der Waals surface area contributed by atoms with Crippen LogP contribution in [0, 0.1) is 0 Å². The molecule has 1 fully saturated rings. The zero-order valence-electron chi connectivity index (χ0n) is 12.6. The van der Waals surface area contributed by atoms with Gasteiger partial charge >= 0.3 is 0 Å². The maximum Gasteiger partial charge on any atom is 0.227 e. The molecule has 1 saturated heterocycles. The van der Waals surface area contributed by atoms with Crippen LogP contribution in [-0.2, 0) is 22.6 Å². The lowest BCUT2D eigenvalue weighted by atomic mass is 9.99. The van der Waals surface area contributed by atoms with Gasteiger partial charge in [0, 0.05) is 13.1 Å². The number of rotatable bonds is 2. The van der Waals surface area contributed by atoms with E-state index >= 15 is 0 Å². The van der Waals surface area contributed by atoms with E-state index < -0.39 is 0 Å². The molecular weight excluding hydrogens is 296 g/mol. The molecule has 0 aliphatic carbocycles. The van der Waals surface area contributed by atoms with Crippen molar-refractivity contribution in [3.05, 3.63) is 41.7 Å². The lowest BCUT2D eigenvalue weighted by molar-refractivity contribution is -0.137. The minimum atomic E-state index is 0.0405. The number of carbonyl (C=O) groups is 1. The van der Waals surface area contributed by atoms with Crippen LogP contribution in [0.5, 0.6) is 5.75 Å². The summed E-state index contributed by atoms with van der Waals surface area (Å²) in [5.41, 5.74) is 1.86. The molecule has 7 nitrogen and oxygen atoms in total. The van der Waals surface area contributed by atoms with Gasteiger partial charge in [0.2, 0.25) is 5.91 Å². The van der Waals surface area contributed by atoms with Crippen molar-refractivity contribution in [3.8, 4) is 5.75 Å². The van der Waals surface area contributed by atoms with Crippen LogP contribution in [-0.4, -0.2) is 50.1 Å². The van der Waals surface area contributed by atoms with Crippen LogP contribution in [0.15, 0.2) is 30.5 Å². The van der Waals surface area contributed by atoms with E-state index in [1.807, 2.05) is 9.58 Å². The molecule has 2 aromatic rings. The zero-order valence-corrected chi connectivity index (χ0v) is 12.6. The van der Waals surface area contributed by atoms with E-state index in [2.05, 4.69) is 10.3 Å². The Kier molecular flexibility index (Phi) is 3.49. The van der Waals surface area contributed by atoms with Crippen molar-refractivity contribution >= 4 is 5.91 Å². The Balaban J connectivity index is 1.47. The molecule has 4 rings (SSSR count). The minimum absolute atomic E-state index is 0.0405. The average Bonchev–Trinajstić information content (AvgIpc) is 3.05. The van der Waals surface area contributed by atoms with Crippen molar-refractivity contribution in [2.75, 3.05) is 13.1 Å². The molecular formula is C16H18N4O3. The van der Waals surface area contributed by atoms with E-state index in [0.29, 0.717) is 26.1 Å². The number of piperidine rings is 1. The Morgan fingerprint density at radius 3 is 3.00 bits per heavy atom. The van der Waals surface area contributed by atoms with Gasteiger partial charge < -0.3 is 14.7 Å². The molecule has 1 amide bonds. The molecule has 0 bridgehead atoms. The van der Waals surface area contributed by atoms with Crippen LogP contribution in [0.2, 0.25) is 0 Å². The van der Waals surface area contributed by atoms with Crippen LogP contribution in [0.4, 0.5) is 0 Å². The number of carbonyl (C=O) groups excluding carboxylic acids is 1. The first-order chi connectivity index (χ1) is 11.2. The van der Waals surface area contributed by atoms with Gasteiger partial charge in [0.05, 0.1) is 37.1 Å². The number of fused-ring (bicyclic) bond motifs is 3. The van der Waals surface area contributed by atoms with Gasteiger partial charge in [-0.1, -0.05) is 17.3 Å². The number of phenols is 1. The highest BCUT2D eigenvalue weighted by atomic mass is 16.5. The number of benzene rings is 1. The largest absolute Gasteiger partial charge is 0.508 e. The standard InChI is InChI=1S/C16H18N4O3/c21-13-3-1-11(2-4-13)7-16(22)19-6-5-15-14(9-19)20-12(10-23-15)8-17-18-20/h1-4,8,14-15,21H,5-7,9-10H2/t14-,15-/m1/s1. The molecule has 0 radical (unpaired) electrons. The summed E-state index contributed by atoms with van der Waals surface area (Å²) in [5, 5.41) is 17.4. The molecule has 1 aromatic carbocycles. The summed E-state index contributed by atoms with van der Waals surface area (Å²) >= 11 is 0. The summed E-state index contributed by atoms with van der Waals surface area (Å²) in [5.74, 6) is 0.293. The Labute approximate surface area is 133 Å². The Hall–Kier alpha value is -2.41. The van der Waals surface area contributed by atoms with Crippen molar-refractivity contribution in [1.29, 1.82) is 0 Å². The summed E-state index contributed by atoms with van der Waals surface area (Å²) in [6.07, 6.45) is 2.96. The van der Waals surface area contributed by atoms with Gasteiger partial charge in [0.25, 0.3) is 0 Å². The maximum absolute atomic E-state index is 12.6. The maximum atomic E-state index is 12.6. The number of amides is 1. The number of likely N-dealkylation sites (tertiary alicyclic amines) is 1. The van der Waals surface area contributed by atoms with E-state index in [1.54, 1.807) is 30.5 Å². The molecule has 2 aliphatic rings. The van der Waals surface area contributed by atoms with Gasteiger partial charge in [-0.25, -0.2) is 4.68 Å². The van der Waals surface area contributed by atoms with Crippen molar-refractivity contribution < 1.29 is 14.6 Å². The lowest BCUT2D eigenvalue weighted by Gasteiger charge is -2.41. The molecule has 23 heavy (non-hydrogen) atoms. The third-order valence-electron chi connectivity index (χ3n) is 4.57. The predicted octanol–water partition coefficient (Wildman–Crippen LogP) is 0.899. The summed E-state index contributed by atoms with van der Waals surface area (Å²) in [6, 6.07) is 6.80. The number of aromatic nitrogens is 3.